The Morgan fingerprint density at radius 1 is 1.25 bits per heavy atom. The molecule has 1 saturated carbocycles. The number of hydrogen-bond acceptors (Lipinski definition) is 1. The highest BCUT2D eigenvalue weighted by atomic mass is 14.8. The van der Waals surface area contributed by atoms with Crippen molar-refractivity contribution >= 4 is 0 Å². The van der Waals surface area contributed by atoms with Gasteiger partial charge in [-0.05, 0) is 42.9 Å². The van der Waals surface area contributed by atoms with Gasteiger partial charge in [0, 0.05) is 5.54 Å². The summed E-state index contributed by atoms with van der Waals surface area (Å²) in [5.41, 5.74) is 7.22. The molecule has 2 unspecified atom stereocenters. The maximum Gasteiger partial charge on any atom is 0.0188 e. The van der Waals surface area contributed by atoms with Crippen LogP contribution in [0.2, 0.25) is 0 Å². The van der Waals surface area contributed by atoms with E-state index in [0.717, 1.165) is 5.92 Å². The Bertz CT molecular complexity index is 214. The molecule has 1 nitrogen and oxygen atoms in total. The minimum Gasteiger partial charge on any atom is -0.325 e. The molecule has 0 bridgehead atoms. The van der Waals surface area contributed by atoms with Crippen LogP contribution in [0.15, 0.2) is 0 Å². The van der Waals surface area contributed by atoms with E-state index in [1.165, 1.54) is 38.5 Å². The van der Waals surface area contributed by atoms with Crippen molar-refractivity contribution in [2.24, 2.45) is 23.0 Å². The van der Waals surface area contributed by atoms with Crippen LogP contribution in [0.3, 0.4) is 0 Å². The molecule has 2 N–H and O–H groups in total. The molecular weight excluding hydrogens is 194 g/mol. The second kappa shape index (κ2) is 5.08. The molecule has 1 aliphatic carbocycles. The maximum absolute atomic E-state index is 6.74. The molecule has 0 spiro atoms. The molecule has 2 atom stereocenters. The highest BCUT2D eigenvalue weighted by Crippen LogP contribution is 2.45. The summed E-state index contributed by atoms with van der Waals surface area (Å²) in [7, 11) is 0. The van der Waals surface area contributed by atoms with Gasteiger partial charge in [-0.15, -0.1) is 0 Å². The van der Waals surface area contributed by atoms with Crippen LogP contribution in [0.4, 0.5) is 0 Å². The lowest BCUT2D eigenvalue weighted by Gasteiger charge is -2.48. The van der Waals surface area contributed by atoms with Crippen molar-refractivity contribution in [2.45, 2.75) is 78.7 Å². The first kappa shape index (κ1) is 14.0. The van der Waals surface area contributed by atoms with E-state index >= 15 is 0 Å². The molecule has 1 fully saturated rings. The molecule has 96 valence electrons. The van der Waals surface area contributed by atoms with Crippen LogP contribution in [-0.4, -0.2) is 5.54 Å². The van der Waals surface area contributed by atoms with Gasteiger partial charge in [0.15, 0.2) is 0 Å². The fourth-order valence-corrected chi connectivity index (χ4v) is 3.42. The highest BCUT2D eigenvalue weighted by Gasteiger charge is 2.42. The molecule has 0 heterocycles. The Hall–Kier alpha value is -0.0400. The second-order valence-corrected chi connectivity index (χ2v) is 7.33. The first-order valence-electron chi connectivity index (χ1n) is 7.04. The van der Waals surface area contributed by atoms with Crippen LogP contribution in [-0.2, 0) is 0 Å². The van der Waals surface area contributed by atoms with E-state index in [-0.39, 0.29) is 5.54 Å². The fourth-order valence-electron chi connectivity index (χ4n) is 3.42. The zero-order valence-electron chi connectivity index (χ0n) is 12.0. The Kier molecular flexibility index (Phi) is 4.45. The van der Waals surface area contributed by atoms with Crippen molar-refractivity contribution in [2.75, 3.05) is 0 Å². The minimum atomic E-state index is 0.112. The standard InChI is InChI=1S/C15H31N/c1-12(2)9-11-15(16)10-7-6-8-13(15)14(3,4)5/h12-13H,6-11,16H2,1-5H3. The average Bonchev–Trinajstić information content (AvgIpc) is 2.14. The fraction of sp³-hybridized carbons (Fsp3) is 1.00. The Morgan fingerprint density at radius 3 is 2.38 bits per heavy atom. The van der Waals surface area contributed by atoms with Gasteiger partial charge in [-0.25, -0.2) is 0 Å². The van der Waals surface area contributed by atoms with Gasteiger partial charge in [-0.3, -0.25) is 0 Å². The van der Waals surface area contributed by atoms with Crippen LogP contribution in [0.1, 0.15) is 73.1 Å². The Labute approximate surface area is 102 Å². The SMILES string of the molecule is CC(C)CCC1(N)CCCCC1C(C)(C)C. The summed E-state index contributed by atoms with van der Waals surface area (Å²) in [5.74, 6) is 1.48. The van der Waals surface area contributed by atoms with Gasteiger partial charge < -0.3 is 5.73 Å². The molecule has 0 radical (unpaired) electrons. The summed E-state index contributed by atoms with van der Waals surface area (Å²) in [4.78, 5) is 0. The normalized spacial score (nSPS) is 32.1. The summed E-state index contributed by atoms with van der Waals surface area (Å²) >= 11 is 0. The van der Waals surface area contributed by atoms with E-state index < -0.39 is 0 Å². The summed E-state index contributed by atoms with van der Waals surface area (Å²) in [6.07, 6.45) is 7.78. The second-order valence-electron chi connectivity index (χ2n) is 7.33. The van der Waals surface area contributed by atoms with Gasteiger partial charge in [0.2, 0.25) is 0 Å². The molecule has 1 heteroatoms. The van der Waals surface area contributed by atoms with Crippen LogP contribution in [0.5, 0.6) is 0 Å². The van der Waals surface area contributed by atoms with Gasteiger partial charge in [-0.2, -0.15) is 0 Å². The van der Waals surface area contributed by atoms with E-state index in [0.29, 0.717) is 11.3 Å². The van der Waals surface area contributed by atoms with Crippen LogP contribution >= 0.6 is 0 Å². The van der Waals surface area contributed by atoms with E-state index in [1.807, 2.05) is 0 Å². The molecule has 0 aromatic heterocycles. The first-order valence-corrected chi connectivity index (χ1v) is 7.04. The summed E-state index contributed by atoms with van der Waals surface area (Å²) in [6.45, 7) is 11.7. The smallest absolute Gasteiger partial charge is 0.0188 e. The van der Waals surface area contributed by atoms with Crippen molar-refractivity contribution < 1.29 is 0 Å². The molecule has 1 rings (SSSR count). The third-order valence-electron chi connectivity index (χ3n) is 4.31. The Morgan fingerprint density at radius 2 is 1.88 bits per heavy atom. The molecule has 0 amide bonds. The van der Waals surface area contributed by atoms with E-state index in [9.17, 15) is 0 Å². The maximum atomic E-state index is 6.74. The van der Waals surface area contributed by atoms with Gasteiger partial charge in [0.25, 0.3) is 0 Å². The summed E-state index contributed by atoms with van der Waals surface area (Å²) < 4.78 is 0. The average molecular weight is 225 g/mol. The molecule has 1 aliphatic rings. The third-order valence-corrected chi connectivity index (χ3v) is 4.31. The van der Waals surface area contributed by atoms with Gasteiger partial charge >= 0.3 is 0 Å². The number of nitrogens with two attached hydrogens (primary N) is 1. The number of rotatable bonds is 3. The quantitative estimate of drug-likeness (QED) is 0.759. The lowest BCUT2D eigenvalue weighted by atomic mass is 9.61. The molecule has 0 aromatic carbocycles. The van der Waals surface area contributed by atoms with Gasteiger partial charge in [0.05, 0.1) is 0 Å². The predicted molar refractivity (Wildman–Crippen MR) is 72.4 cm³/mol. The van der Waals surface area contributed by atoms with Gasteiger partial charge in [0.1, 0.15) is 0 Å². The summed E-state index contributed by atoms with van der Waals surface area (Å²) in [5, 5.41) is 0. The van der Waals surface area contributed by atoms with Crippen molar-refractivity contribution in [3.05, 3.63) is 0 Å². The van der Waals surface area contributed by atoms with Crippen molar-refractivity contribution in [1.82, 2.24) is 0 Å². The first-order chi connectivity index (χ1) is 7.26. The molecule has 0 saturated heterocycles. The monoisotopic (exact) mass is 225 g/mol. The minimum absolute atomic E-state index is 0.112. The lowest BCUT2D eigenvalue weighted by Crippen LogP contribution is -2.53. The molecular formula is C15H31N. The van der Waals surface area contributed by atoms with Crippen LogP contribution in [0.25, 0.3) is 0 Å². The van der Waals surface area contributed by atoms with Crippen molar-refractivity contribution in [1.29, 1.82) is 0 Å². The van der Waals surface area contributed by atoms with Crippen LogP contribution < -0.4 is 5.73 Å². The molecule has 0 aromatic rings. The van der Waals surface area contributed by atoms with Crippen molar-refractivity contribution in [3.8, 4) is 0 Å². The number of hydrogen-bond donors (Lipinski definition) is 1. The van der Waals surface area contributed by atoms with Crippen molar-refractivity contribution in [3.63, 3.8) is 0 Å². The van der Waals surface area contributed by atoms with E-state index in [4.69, 9.17) is 5.73 Å². The lowest BCUT2D eigenvalue weighted by molar-refractivity contribution is 0.0690. The zero-order valence-corrected chi connectivity index (χ0v) is 12.0. The topological polar surface area (TPSA) is 26.0 Å². The molecule has 16 heavy (non-hydrogen) atoms. The van der Waals surface area contributed by atoms with E-state index in [1.54, 1.807) is 0 Å². The van der Waals surface area contributed by atoms with Crippen LogP contribution in [0, 0.1) is 17.3 Å². The third kappa shape index (κ3) is 3.48. The predicted octanol–water partition coefficient (Wildman–Crippen LogP) is 4.36. The largest absolute Gasteiger partial charge is 0.325 e. The summed E-state index contributed by atoms with van der Waals surface area (Å²) in [6, 6.07) is 0. The zero-order chi connectivity index (χ0) is 12.4. The van der Waals surface area contributed by atoms with E-state index in [2.05, 4.69) is 34.6 Å². The molecule has 0 aliphatic heterocycles. The Balaban J connectivity index is 2.71. The van der Waals surface area contributed by atoms with Gasteiger partial charge in [-0.1, -0.05) is 47.5 Å². The highest BCUT2D eigenvalue weighted by molar-refractivity contribution is 4.99.